The van der Waals surface area contributed by atoms with Gasteiger partial charge in [-0.3, -0.25) is 4.90 Å². The highest BCUT2D eigenvalue weighted by Gasteiger charge is 2.29. The second-order valence-corrected chi connectivity index (χ2v) is 7.04. The first-order chi connectivity index (χ1) is 10.4. The van der Waals surface area contributed by atoms with Crippen molar-refractivity contribution in [2.24, 2.45) is 0 Å². The normalized spacial score (nSPS) is 22.2. The highest BCUT2D eigenvalue weighted by Crippen LogP contribution is 2.42. The van der Waals surface area contributed by atoms with Crippen molar-refractivity contribution in [2.75, 3.05) is 13.1 Å². The SMILES string of the molecule is c1ccc2c(c1)CSc1ccccc1C2N1CCCCC1. The fourth-order valence-electron chi connectivity index (χ4n) is 3.66. The van der Waals surface area contributed by atoms with Crippen LogP contribution >= 0.6 is 11.8 Å². The van der Waals surface area contributed by atoms with Gasteiger partial charge < -0.3 is 0 Å². The first-order valence-electron chi connectivity index (χ1n) is 7.97. The zero-order valence-corrected chi connectivity index (χ0v) is 13.1. The predicted octanol–water partition coefficient (Wildman–Crippen LogP) is 4.87. The van der Waals surface area contributed by atoms with E-state index < -0.39 is 0 Å². The maximum atomic E-state index is 2.70. The van der Waals surface area contributed by atoms with E-state index in [2.05, 4.69) is 53.4 Å². The van der Waals surface area contributed by atoms with Crippen LogP contribution in [0.15, 0.2) is 53.4 Å². The van der Waals surface area contributed by atoms with Gasteiger partial charge in [0, 0.05) is 10.6 Å². The minimum Gasteiger partial charge on any atom is -0.292 e. The molecule has 1 nitrogen and oxygen atoms in total. The van der Waals surface area contributed by atoms with Crippen molar-refractivity contribution in [3.05, 3.63) is 65.2 Å². The monoisotopic (exact) mass is 295 g/mol. The number of hydrogen-bond acceptors (Lipinski definition) is 2. The molecule has 2 heteroatoms. The molecule has 1 atom stereocenters. The number of rotatable bonds is 1. The van der Waals surface area contributed by atoms with Crippen LogP contribution in [0.1, 0.15) is 42.0 Å². The highest BCUT2D eigenvalue weighted by molar-refractivity contribution is 7.98. The van der Waals surface area contributed by atoms with Gasteiger partial charge in [-0.1, -0.05) is 48.9 Å². The molecule has 0 saturated carbocycles. The number of fused-ring (bicyclic) bond motifs is 2. The number of benzene rings is 2. The smallest absolute Gasteiger partial charge is 0.0615 e. The van der Waals surface area contributed by atoms with E-state index in [1.165, 1.54) is 53.9 Å². The average Bonchev–Trinajstić information content (AvgIpc) is 2.72. The lowest BCUT2D eigenvalue weighted by molar-refractivity contribution is 0.185. The molecule has 21 heavy (non-hydrogen) atoms. The summed E-state index contributed by atoms with van der Waals surface area (Å²) in [6.45, 7) is 2.47. The Morgan fingerprint density at radius 1 is 0.810 bits per heavy atom. The first kappa shape index (κ1) is 13.4. The number of nitrogens with zero attached hydrogens (tertiary/aromatic N) is 1. The molecule has 0 aromatic heterocycles. The lowest BCUT2D eigenvalue weighted by atomic mass is 9.92. The van der Waals surface area contributed by atoms with Crippen molar-refractivity contribution >= 4 is 11.8 Å². The molecule has 1 fully saturated rings. The summed E-state index contributed by atoms with van der Waals surface area (Å²) >= 11 is 1.99. The maximum Gasteiger partial charge on any atom is 0.0615 e. The molecule has 1 saturated heterocycles. The van der Waals surface area contributed by atoms with E-state index in [-0.39, 0.29) is 0 Å². The maximum absolute atomic E-state index is 2.70. The first-order valence-corrected chi connectivity index (χ1v) is 8.95. The number of piperidine rings is 1. The van der Waals surface area contributed by atoms with Gasteiger partial charge in [0.2, 0.25) is 0 Å². The molecule has 108 valence electrons. The molecule has 0 aliphatic carbocycles. The third-order valence-corrected chi connectivity index (χ3v) is 5.84. The van der Waals surface area contributed by atoms with Crippen LogP contribution < -0.4 is 0 Å². The Kier molecular flexibility index (Phi) is 3.74. The summed E-state index contributed by atoms with van der Waals surface area (Å²) in [5.41, 5.74) is 4.54. The number of likely N-dealkylation sites (tertiary alicyclic amines) is 1. The van der Waals surface area contributed by atoms with Crippen molar-refractivity contribution in [3.8, 4) is 0 Å². The van der Waals surface area contributed by atoms with Crippen molar-refractivity contribution in [1.82, 2.24) is 4.90 Å². The summed E-state index contributed by atoms with van der Waals surface area (Å²) in [6.07, 6.45) is 4.07. The van der Waals surface area contributed by atoms with E-state index in [0.29, 0.717) is 6.04 Å². The standard InChI is InChI=1S/C19H21NS/c1-6-12-20(13-7-1)19-16-9-3-2-8-15(16)14-21-18-11-5-4-10-17(18)19/h2-5,8-11,19H,1,6-7,12-14H2. The molecule has 0 spiro atoms. The highest BCUT2D eigenvalue weighted by atomic mass is 32.2. The van der Waals surface area contributed by atoms with Crippen LogP contribution in [0.4, 0.5) is 0 Å². The van der Waals surface area contributed by atoms with Gasteiger partial charge in [0.25, 0.3) is 0 Å². The lowest BCUT2D eigenvalue weighted by Gasteiger charge is -2.36. The molecular formula is C19H21NS. The molecule has 2 aromatic carbocycles. The predicted molar refractivity (Wildman–Crippen MR) is 89.7 cm³/mol. The van der Waals surface area contributed by atoms with E-state index in [1.54, 1.807) is 0 Å². The quantitative estimate of drug-likeness (QED) is 0.738. The zero-order chi connectivity index (χ0) is 14.1. The van der Waals surface area contributed by atoms with Crippen molar-refractivity contribution < 1.29 is 0 Å². The van der Waals surface area contributed by atoms with Gasteiger partial charge in [0.15, 0.2) is 0 Å². The van der Waals surface area contributed by atoms with Gasteiger partial charge in [0.1, 0.15) is 0 Å². The number of hydrogen-bond donors (Lipinski definition) is 0. The minimum atomic E-state index is 0.452. The Balaban J connectivity index is 1.85. The Hall–Kier alpha value is -1.25. The summed E-state index contributed by atoms with van der Waals surface area (Å²) in [5, 5.41) is 0. The van der Waals surface area contributed by atoms with Crippen LogP contribution in [-0.4, -0.2) is 18.0 Å². The topological polar surface area (TPSA) is 3.24 Å². The average molecular weight is 295 g/mol. The summed E-state index contributed by atoms with van der Waals surface area (Å²) in [7, 11) is 0. The molecule has 2 aromatic rings. The molecule has 2 heterocycles. The van der Waals surface area contributed by atoms with Gasteiger partial charge >= 0.3 is 0 Å². The van der Waals surface area contributed by atoms with Gasteiger partial charge in [0.05, 0.1) is 6.04 Å². The van der Waals surface area contributed by atoms with Gasteiger partial charge in [-0.15, -0.1) is 11.8 Å². The van der Waals surface area contributed by atoms with Gasteiger partial charge in [-0.2, -0.15) is 0 Å². The largest absolute Gasteiger partial charge is 0.292 e. The fourth-order valence-corrected chi connectivity index (χ4v) is 4.76. The van der Waals surface area contributed by atoms with Crippen LogP contribution in [0.5, 0.6) is 0 Å². The number of thioether (sulfide) groups is 1. The second-order valence-electron chi connectivity index (χ2n) is 6.02. The lowest BCUT2D eigenvalue weighted by Crippen LogP contribution is -2.34. The Bertz CT molecular complexity index is 583. The zero-order valence-electron chi connectivity index (χ0n) is 12.3. The van der Waals surface area contributed by atoms with Crippen LogP contribution in [0.3, 0.4) is 0 Å². The van der Waals surface area contributed by atoms with Crippen molar-refractivity contribution in [2.45, 2.75) is 36.0 Å². The summed E-state index contributed by atoms with van der Waals surface area (Å²) in [5.74, 6) is 1.09. The second kappa shape index (κ2) is 5.86. The van der Waals surface area contributed by atoms with Crippen molar-refractivity contribution in [3.63, 3.8) is 0 Å². The van der Waals surface area contributed by atoms with Crippen LogP contribution in [0, 0.1) is 0 Å². The Morgan fingerprint density at radius 2 is 1.52 bits per heavy atom. The molecule has 0 amide bonds. The third kappa shape index (κ3) is 2.51. The Labute approximate surface area is 131 Å². The van der Waals surface area contributed by atoms with E-state index in [1.807, 2.05) is 11.8 Å². The van der Waals surface area contributed by atoms with E-state index in [9.17, 15) is 0 Å². The molecule has 2 aliphatic rings. The summed E-state index contributed by atoms with van der Waals surface area (Å²) in [4.78, 5) is 4.16. The van der Waals surface area contributed by atoms with E-state index >= 15 is 0 Å². The van der Waals surface area contributed by atoms with Gasteiger partial charge in [-0.25, -0.2) is 0 Å². The fraction of sp³-hybridized carbons (Fsp3) is 0.368. The molecule has 2 aliphatic heterocycles. The molecule has 0 bridgehead atoms. The minimum absolute atomic E-state index is 0.452. The van der Waals surface area contributed by atoms with Crippen LogP contribution in [0.25, 0.3) is 0 Å². The summed E-state index contributed by atoms with van der Waals surface area (Å²) in [6, 6.07) is 18.5. The van der Waals surface area contributed by atoms with Crippen LogP contribution in [0.2, 0.25) is 0 Å². The molecule has 1 unspecified atom stereocenters. The van der Waals surface area contributed by atoms with E-state index in [0.717, 1.165) is 5.75 Å². The van der Waals surface area contributed by atoms with E-state index in [4.69, 9.17) is 0 Å². The molecule has 0 radical (unpaired) electrons. The third-order valence-electron chi connectivity index (χ3n) is 4.70. The van der Waals surface area contributed by atoms with Crippen LogP contribution in [-0.2, 0) is 5.75 Å². The molecule has 0 N–H and O–H groups in total. The molecule has 4 rings (SSSR count). The van der Waals surface area contributed by atoms with Crippen molar-refractivity contribution in [1.29, 1.82) is 0 Å². The van der Waals surface area contributed by atoms with Gasteiger partial charge in [-0.05, 0) is 48.7 Å². The Morgan fingerprint density at radius 3 is 2.38 bits per heavy atom. The summed E-state index contributed by atoms with van der Waals surface area (Å²) < 4.78 is 0. The molecular weight excluding hydrogens is 274 g/mol.